The molecule has 0 saturated carbocycles. The average Bonchev–Trinajstić information content (AvgIpc) is 3.55. The van der Waals surface area contributed by atoms with Gasteiger partial charge >= 0.3 is 0 Å². The molecule has 3 amide bonds. The molecule has 5 heterocycles. The number of benzene rings is 2. The van der Waals surface area contributed by atoms with E-state index in [1.165, 1.54) is 5.56 Å². The number of hydrogen-bond donors (Lipinski definition) is 1. The number of likely N-dealkylation sites (tertiary alicyclic amines) is 1. The van der Waals surface area contributed by atoms with Gasteiger partial charge in [0, 0.05) is 62.3 Å². The molecule has 2 aromatic carbocycles. The summed E-state index contributed by atoms with van der Waals surface area (Å²) in [5, 5.41) is 3.40. The third-order valence-corrected chi connectivity index (χ3v) is 9.16. The van der Waals surface area contributed by atoms with E-state index in [4.69, 9.17) is 19.4 Å². The van der Waals surface area contributed by atoms with Gasteiger partial charge in [0.1, 0.15) is 23.7 Å². The summed E-state index contributed by atoms with van der Waals surface area (Å²) in [6.07, 6.45) is 5.41. The number of hydrogen-bond acceptors (Lipinski definition) is 8. The van der Waals surface area contributed by atoms with Crippen LogP contribution in [0.5, 0.6) is 5.75 Å². The van der Waals surface area contributed by atoms with Gasteiger partial charge in [0.2, 0.25) is 11.8 Å². The molecule has 3 saturated heterocycles. The minimum Gasteiger partial charge on any atom is -0.489 e. The van der Waals surface area contributed by atoms with Crippen LogP contribution in [0, 0.1) is 0 Å². The van der Waals surface area contributed by atoms with Crippen molar-refractivity contribution in [3.05, 3.63) is 65.1 Å². The number of carbonyl (C=O) groups excluding carboxylic acids is 3. The maximum atomic E-state index is 13.0. The first-order valence-electron chi connectivity index (χ1n) is 15.3. The number of rotatable bonds is 6. The van der Waals surface area contributed by atoms with Crippen LogP contribution < -0.4 is 10.1 Å². The van der Waals surface area contributed by atoms with E-state index in [2.05, 4.69) is 42.3 Å². The molecule has 1 aromatic heterocycles. The van der Waals surface area contributed by atoms with Gasteiger partial charge < -0.3 is 14.4 Å². The van der Waals surface area contributed by atoms with Crippen molar-refractivity contribution in [1.82, 2.24) is 25.1 Å². The number of nitrogens with one attached hydrogen (secondary N) is 1. The lowest BCUT2D eigenvalue weighted by molar-refractivity contribution is -0.136. The van der Waals surface area contributed by atoms with Gasteiger partial charge in [-0.05, 0) is 81.0 Å². The van der Waals surface area contributed by atoms with Gasteiger partial charge in [-0.3, -0.25) is 24.6 Å². The van der Waals surface area contributed by atoms with E-state index in [1.54, 1.807) is 11.0 Å². The molecule has 1 unspecified atom stereocenters. The lowest BCUT2D eigenvalue weighted by Gasteiger charge is -2.34. The third-order valence-electron chi connectivity index (χ3n) is 9.16. The van der Waals surface area contributed by atoms with Crippen LogP contribution in [0.2, 0.25) is 0 Å². The van der Waals surface area contributed by atoms with Crippen molar-refractivity contribution in [2.75, 3.05) is 19.7 Å². The lowest BCUT2D eigenvalue weighted by atomic mass is 9.88. The van der Waals surface area contributed by atoms with Crippen molar-refractivity contribution >= 4 is 28.6 Å². The summed E-state index contributed by atoms with van der Waals surface area (Å²) in [6.45, 7) is 7.92. The van der Waals surface area contributed by atoms with Crippen LogP contribution in [0.3, 0.4) is 0 Å². The SMILES string of the molecule is CC1(C)C[C@H](c2ncc3cc(CN4CC[C@H](Oc5ccc6c(c5)CN(C5CCC(=O)NC5=O)C6=O)C4)ccc3n2)CCO1. The Morgan fingerprint density at radius 2 is 1.98 bits per heavy atom. The fraction of sp³-hybridized carbons (Fsp3) is 0.485. The van der Waals surface area contributed by atoms with Crippen molar-refractivity contribution in [3.63, 3.8) is 0 Å². The summed E-state index contributed by atoms with van der Waals surface area (Å²) in [6, 6.07) is 11.4. The number of nitrogens with zero attached hydrogens (tertiary/aromatic N) is 4. The van der Waals surface area contributed by atoms with Crippen molar-refractivity contribution in [2.45, 2.75) is 82.7 Å². The highest BCUT2D eigenvalue weighted by molar-refractivity contribution is 6.05. The van der Waals surface area contributed by atoms with Crippen molar-refractivity contribution in [2.24, 2.45) is 0 Å². The predicted octanol–water partition coefficient (Wildman–Crippen LogP) is 3.72. The highest BCUT2D eigenvalue weighted by atomic mass is 16.5. The Labute approximate surface area is 250 Å². The summed E-state index contributed by atoms with van der Waals surface area (Å²) in [7, 11) is 0. The average molecular weight is 584 g/mol. The fourth-order valence-corrected chi connectivity index (χ4v) is 6.96. The zero-order valence-corrected chi connectivity index (χ0v) is 24.7. The first-order chi connectivity index (χ1) is 20.7. The van der Waals surface area contributed by atoms with E-state index in [9.17, 15) is 14.4 Å². The number of amides is 3. The number of ether oxygens (including phenoxy) is 2. The molecule has 43 heavy (non-hydrogen) atoms. The van der Waals surface area contributed by atoms with Crippen LogP contribution in [0.1, 0.15) is 79.2 Å². The first-order valence-corrected chi connectivity index (χ1v) is 15.3. The van der Waals surface area contributed by atoms with Gasteiger partial charge in [0.15, 0.2) is 0 Å². The second-order valence-corrected chi connectivity index (χ2v) is 12.9. The molecule has 0 aliphatic carbocycles. The van der Waals surface area contributed by atoms with Gasteiger partial charge in [-0.15, -0.1) is 0 Å². The Hall–Kier alpha value is -3.89. The van der Waals surface area contributed by atoms with E-state index < -0.39 is 11.9 Å². The van der Waals surface area contributed by atoms with Gasteiger partial charge in [-0.25, -0.2) is 9.97 Å². The molecular formula is C33H37N5O5. The molecule has 7 rings (SSSR count). The van der Waals surface area contributed by atoms with E-state index >= 15 is 0 Å². The molecule has 224 valence electrons. The smallest absolute Gasteiger partial charge is 0.255 e. The summed E-state index contributed by atoms with van der Waals surface area (Å²) in [4.78, 5) is 50.5. The summed E-state index contributed by atoms with van der Waals surface area (Å²) in [5.41, 5.74) is 3.51. The topological polar surface area (TPSA) is 114 Å². The molecule has 0 radical (unpaired) electrons. The minimum absolute atomic E-state index is 0.0523. The predicted molar refractivity (Wildman–Crippen MR) is 158 cm³/mol. The molecule has 3 aromatic rings. The van der Waals surface area contributed by atoms with Gasteiger partial charge in [-0.1, -0.05) is 6.07 Å². The number of aromatic nitrogens is 2. The third kappa shape index (κ3) is 5.73. The molecule has 1 N–H and O–H groups in total. The molecule has 10 heteroatoms. The summed E-state index contributed by atoms with van der Waals surface area (Å²) >= 11 is 0. The monoisotopic (exact) mass is 583 g/mol. The molecule has 4 aliphatic heterocycles. The van der Waals surface area contributed by atoms with Gasteiger partial charge in [-0.2, -0.15) is 0 Å². The first kappa shape index (κ1) is 27.9. The standard InChI is InChI=1S/C33H37N5O5/c1-33(2)15-21(10-12-42-33)30-34-16-22-13-20(3-6-27(22)35-30)17-37-11-9-25(19-37)43-24-4-5-26-23(14-24)18-38(32(26)41)28-7-8-29(39)36-31(28)40/h3-6,13-14,16,21,25,28H,7-12,15,17-19H2,1-2H3,(H,36,39,40)/t21-,25+,28?/m1/s1. The van der Waals surface area contributed by atoms with Crippen LogP contribution in [-0.4, -0.2) is 74.9 Å². The molecule has 0 bridgehead atoms. The zero-order valence-electron chi connectivity index (χ0n) is 24.7. The minimum atomic E-state index is -0.617. The molecule has 4 aliphatic rings. The summed E-state index contributed by atoms with van der Waals surface area (Å²) in [5.74, 6) is 1.11. The van der Waals surface area contributed by atoms with E-state index in [1.807, 2.05) is 18.3 Å². The number of piperidine rings is 1. The zero-order chi connectivity index (χ0) is 29.7. The van der Waals surface area contributed by atoms with Crippen LogP contribution in [0.4, 0.5) is 0 Å². The molecular weight excluding hydrogens is 546 g/mol. The van der Waals surface area contributed by atoms with Crippen LogP contribution in [-0.2, 0) is 27.4 Å². The second-order valence-electron chi connectivity index (χ2n) is 12.9. The lowest BCUT2D eigenvalue weighted by Crippen LogP contribution is -2.52. The van der Waals surface area contributed by atoms with E-state index in [0.29, 0.717) is 24.4 Å². The quantitative estimate of drug-likeness (QED) is 0.437. The number of fused-ring (bicyclic) bond motifs is 2. The summed E-state index contributed by atoms with van der Waals surface area (Å²) < 4.78 is 12.2. The van der Waals surface area contributed by atoms with Crippen LogP contribution >= 0.6 is 0 Å². The van der Waals surface area contributed by atoms with Gasteiger partial charge in [0.25, 0.3) is 5.91 Å². The fourth-order valence-electron chi connectivity index (χ4n) is 6.96. The molecule has 3 atom stereocenters. The molecule has 3 fully saturated rings. The highest BCUT2D eigenvalue weighted by Gasteiger charge is 2.39. The number of carbonyl (C=O) groups is 3. The van der Waals surface area contributed by atoms with E-state index in [0.717, 1.165) is 73.5 Å². The Morgan fingerprint density at radius 3 is 2.81 bits per heavy atom. The molecule has 10 nitrogen and oxygen atoms in total. The van der Waals surface area contributed by atoms with Crippen molar-refractivity contribution < 1.29 is 23.9 Å². The maximum Gasteiger partial charge on any atom is 0.255 e. The Balaban J connectivity index is 0.957. The molecule has 0 spiro atoms. The van der Waals surface area contributed by atoms with Gasteiger partial charge in [0.05, 0.1) is 11.1 Å². The van der Waals surface area contributed by atoms with Crippen molar-refractivity contribution in [1.29, 1.82) is 0 Å². The highest BCUT2D eigenvalue weighted by Crippen LogP contribution is 2.35. The van der Waals surface area contributed by atoms with E-state index in [-0.39, 0.29) is 29.9 Å². The Morgan fingerprint density at radius 1 is 1.09 bits per heavy atom. The maximum absolute atomic E-state index is 13.0. The Bertz CT molecular complexity index is 1610. The Kier molecular flexibility index (Phi) is 7.13. The largest absolute Gasteiger partial charge is 0.489 e. The van der Waals surface area contributed by atoms with Crippen LogP contribution in [0.15, 0.2) is 42.6 Å². The van der Waals surface area contributed by atoms with Crippen LogP contribution in [0.25, 0.3) is 10.9 Å². The normalized spacial score (nSPS) is 25.7. The second kappa shape index (κ2) is 11.0. The van der Waals surface area contributed by atoms with Crippen molar-refractivity contribution in [3.8, 4) is 5.75 Å². The number of imide groups is 1.